The van der Waals surface area contributed by atoms with Crippen LogP contribution in [0.1, 0.15) is 33.6 Å². The van der Waals surface area contributed by atoms with Crippen molar-refractivity contribution in [3.8, 4) is 0 Å². The maximum atomic E-state index is 12.1. The summed E-state index contributed by atoms with van der Waals surface area (Å²) in [6.07, 6.45) is 4.32. The van der Waals surface area contributed by atoms with Crippen LogP contribution in [-0.2, 0) is 5.54 Å². The van der Waals surface area contributed by atoms with Gasteiger partial charge >= 0.3 is 0 Å². The van der Waals surface area contributed by atoms with E-state index >= 15 is 0 Å². The molecule has 94 valence electrons. The topological polar surface area (TPSA) is 34.9 Å². The van der Waals surface area contributed by atoms with Crippen LogP contribution in [-0.4, -0.2) is 15.5 Å². The summed E-state index contributed by atoms with van der Waals surface area (Å²) in [7, 11) is 0. The summed E-state index contributed by atoms with van der Waals surface area (Å²) in [4.78, 5) is 12.9. The standard InChI is InChI=1S/C12H17ClN2OS/c1-12(2,3)15-11(16)10(13)9(6-14-15)17-7-8-4-5-8/h6,8H,4-5,7H2,1-3H3. The summed E-state index contributed by atoms with van der Waals surface area (Å²) in [5, 5.41) is 4.51. The van der Waals surface area contributed by atoms with E-state index in [-0.39, 0.29) is 11.1 Å². The van der Waals surface area contributed by atoms with Gasteiger partial charge < -0.3 is 0 Å². The molecule has 1 heterocycles. The van der Waals surface area contributed by atoms with Gasteiger partial charge in [0, 0.05) is 5.75 Å². The number of aromatic nitrogens is 2. The quantitative estimate of drug-likeness (QED) is 0.793. The van der Waals surface area contributed by atoms with Crippen molar-refractivity contribution in [1.82, 2.24) is 9.78 Å². The highest BCUT2D eigenvalue weighted by Crippen LogP contribution is 2.36. The van der Waals surface area contributed by atoms with Gasteiger partial charge in [0.1, 0.15) is 5.02 Å². The van der Waals surface area contributed by atoms with Gasteiger partial charge in [0.05, 0.1) is 16.6 Å². The van der Waals surface area contributed by atoms with E-state index in [0.717, 1.165) is 16.6 Å². The fraction of sp³-hybridized carbons (Fsp3) is 0.667. The lowest BCUT2D eigenvalue weighted by atomic mass is 10.1. The maximum absolute atomic E-state index is 12.1. The van der Waals surface area contributed by atoms with Gasteiger partial charge in [-0.15, -0.1) is 11.8 Å². The first-order chi connectivity index (χ1) is 7.89. The van der Waals surface area contributed by atoms with Crippen LogP contribution >= 0.6 is 23.4 Å². The third kappa shape index (κ3) is 3.05. The Morgan fingerprint density at radius 3 is 2.71 bits per heavy atom. The number of hydrogen-bond acceptors (Lipinski definition) is 3. The summed E-state index contributed by atoms with van der Waals surface area (Å²) in [6.45, 7) is 5.82. The molecular weight excluding hydrogens is 256 g/mol. The Kier molecular flexibility index (Phi) is 3.55. The van der Waals surface area contributed by atoms with E-state index in [1.807, 2.05) is 20.8 Å². The molecule has 0 bridgehead atoms. The van der Waals surface area contributed by atoms with Gasteiger partial charge in [-0.2, -0.15) is 5.10 Å². The van der Waals surface area contributed by atoms with E-state index < -0.39 is 0 Å². The van der Waals surface area contributed by atoms with Gasteiger partial charge in [-0.1, -0.05) is 11.6 Å². The average Bonchev–Trinajstić information content (AvgIpc) is 3.02. The predicted octanol–water partition coefficient (Wildman–Crippen LogP) is 3.15. The van der Waals surface area contributed by atoms with E-state index in [1.54, 1.807) is 18.0 Å². The molecular formula is C12H17ClN2OS. The monoisotopic (exact) mass is 272 g/mol. The number of nitrogens with zero attached hydrogens (tertiary/aromatic N) is 2. The fourth-order valence-electron chi connectivity index (χ4n) is 1.49. The molecule has 0 aliphatic heterocycles. The first-order valence-electron chi connectivity index (χ1n) is 5.80. The van der Waals surface area contributed by atoms with Gasteiger partial charge in [0.2, 0.25) is 0 Å². The van der Waals surface area contributed by atoms with Crippen LogP contribution in [0.5, 0.6) is 0 Å². The fourth-order valence-corrected chi connectivity index (χ4v) is 2.87. The highest BCUT2D eigenvalue weighted by Gasteiger charge is 2.23. The van der Waals surface area contributed by atoms with Crippen molar-refractivity contribution >= 4 is 23.4 Å². The molecule has 1 fully saturated rings. The van der Waals surface area contributed by atoms with Crippen LogP contribution in [0.25, 0.3) is 0 Å². The zero-order valence-electron chi connectivity index (χ0n) is 10.4. The lowest BCUT2D eigenvalue weighted by Gasteiger charge is -2.21. The Bertz CT molecular complexity index is 474. The number of halogens is 1. The molecule has 0 N–H and O–H groups in total. The second-order valence-electron chi connectivity index (χ2n) is 5.46. The van der Waals surface area contributed by atoms with Crippen molar-refractivity contribution < 1.29 is 0 Å². The van der Waals surface area contributed by atoms with Crippen LogP contribution in [0.4, 0.5) is 0 Å². The van der Waals surface area contributed by atoms with E-state index in [0.29, 0.717) is 5.02 Å². The molecule has 0 unspecified atom stereocenters. The third-order valence-corrected chi connectivity index (χ3v) is 4.43. The second kappa shape index (κ2) is 4.65. The van der Waals surface area contributed by atoms with E-state index in [2.05, 4.69) is 5.10 Å². The van der Waals surface area contributed by atoms with Crippen molar-refractivity contribution in [1.29, 1.82) is 0 Å². The van der Waals surface area contributed by atoms with Gasteiger partial charge in [-0.25, -0.2) is 4.68 Å². The van der Waals surface area contributed by atoms with Crippen molar-refractivity contribution in [3.05, 3.63) is 21.6 Å². The molecule has 0 aromatic carbocycles. The highest BCUT2D eigenvalue weighted by molar-refractivity contribution is 7.99. The van der Waals surface area contributed by atoms with Gasteiger partial charge in [0.25, 0.3) is 5.56 Å². The Morgan fingerprint density at radius 2 is 2.18 bits per heavy atom. The van der Waals surface area contributed by atoms with Crippen LogP contribution < -0.4 is 5.56 Å². The molecule has 17 heavy (non-hydrogen) atoms. The maximum Gasteiger partial charge on any atom is 0.287 e. The van der Waals surface area contributed by atoms with Crippen molar-refractivity contribution in [2.75, 3.05) is 5.75 Å². The molecule has 5 heteroatoms. The number of thioether (sulfide) groups is 1. The van der Waals surface area contributed by atoms with Crippen LogP contribution in [0.2, 0.25) is 5.02 Å². The minimum Gasteiger partial charge on any atom is -0.266 e. The smallest absolute Gasteiger partial charge is 0.266 e. The van der Waals surface area contributed by atoms with Crippen LogP contribution in [0, 0.1) is 5.92 Å². The molecule has 0 amide bonds. The van der Waals surface area contributed by atoms with Crippen LogP contribution in [0.3, 0.4) is 0 Å². The molecule has 0 saturated heterocycles. The van der Waals surface area contributed by atoms with Gasteiger partial charge in [0.15, 0.2) is 0 Å². The molecule has 1 aromatic rings. The van der Waals surface area contributed by atoms with E-state index in [4.69, 9.17) is 11.6 Å². The van der Waals surface area contributed by atoms with E-state index in [9.17, 15) is 4.79 Å². The molecule has 0 spiro atoms. The molecule has 3 nitrogen and oxygen atoms in total. The average molecular weight is 273 g/mol. The second-order valence-corrected chi connectivity index (χ2v) is 6.90. The van der Waals surface area contributed by atoms with Crippen LogP contribution in [0.15, 0.2) is 15.9 Å². The Hall–Kier alpha value is -0.480. The summed E-state index contributed by atoms with van der Waals surface area (Å²) in [6, 6.07) is 0. The zero-order chi connectivity index (χ0) is 12.6. The lowest BCUT2D eigenvalue weighted by molar-refractivity contribution is 0.336. The Balaban J connectivity index is 2.25. The van der Waals surface area contributed by atoms with Gasteiger partial charge in [-0.3, -0.25) is 4.79 Å². The summed E-state index contributed by atoms with van der Waals surface area (Å²) in [5.74, 6) is 1.85. The van der Waals surface area contributed by atoms with Gasteiger partial charge in [-0.05, 0) is 39.5 Å². The Labute approximate surface area is 111 Å². The predicted molar refractivity (Wildman–Crippen MR) is 72.0 cm³/mol. The molecule has 1 aromatic heterocycles. The first-order valence-corrected chi connectivity index (χ1v) is 7.17. The number of rotatable bonds is 3. The van der Waals surface area contributed by atoms with Crippen molar-refractivity contribution in [3.63, 3.8) is 0 Å². The normalized spacial score (nSPS) is 16.2. The minimum atomic E-state index is -0.333. The molecule has 0 radical (unpaired) electrons. The summed E-state index contributed by atoms with van der Waals surface area (Å²) in [5.41, 5.74) is -0.527. The summed E-state index contributed by atoms with van der Waals surface area (Å²) >= 11 is 7.76. The molecule has 1 saturated carbocycles. The summed E-state index contributed by atoms with van der Waals surface area (Å²) < 4.78 is 1.44. The molecule has 0 atom stereocenters. The lowest BCUT2D eigenvalue weighted by Crippen LogP contribution is -2.36. The molecule has 1 aliphatic carbocycles. The van der Waals surface area contributed by atoms with Crippen molar-refractivity contribution in [2.45, 2.75) is 44.0 Å². The van der Waals surface area contributed by atoms with E-state index in [1.165, 1.54) is 17.5 Å². The molecule has 1 aliphatic rings. The highest BCUT2D eigenvalue weighted by atomic mass is 35.5. The molecule has 2 rings (SSSR count). The SMILES string of the molecule is CC(C)(C)n1ncc(SCC2CC2)c(Cl)c1=O. The third-order valence-electron chi connectivity index (χ3n) is 2.69. The Morgan fingerprint density at radius 1 is 1.53 bits per heavy atom. The zero-order valence-corrected chi connectivity index (χ0v) is 11.9. The first kappa shape index (κ1) is 13.0. The minimum absolute atomic E-state index is 0.194. The number of hydrogen-bond donors (Lipinski definition) is 0. The van der Waals surface area contributed by atoms with Crippen molar-refractivity contribution in [2.24, 2.45) is 5.92 Å². The largest absolute Gasteiger partial charge is 0.287 e.